The van der Waals surface area contributed by atoms with Gasteiger partial charge in [0.15, 0.2) is 0 Å². The van der Waals surface area contributed by atoms with E-state index >= 15 is 0 Å². The smallest absolute Gasteiger partial charge is 0.0975 e. The minimum absolute atomic E-state index is 1.01. The van der Waals surface area contributed by atoms with Crippen LogP contribution in [0.5, 0.6) is 0 Å². The fourth-order valence-electron chi connectivity index (χ4n) is 1.61. The highest BCUT2D eigenvalue weighted by atomic mass is 79.9. The summed E-state index contributed by atoms with van der Waals surface area (Å²) in [5.74, 6) is 0. The lowest BCUT2D eigenvalue weighted by molar-refractivity contribution is 0.705. The summed E-state index contributed by atoms with van der Waals surface area (Å²) in [5.41, 5.74) is 5.79. The van der Waals surface area contributed by atoms with Crippen molar-refractivity contribution in [3.8, 4) is 0 Å². The van der Waals surface area contributed by atoms with Crippen molar-refractivity contribution >= 4 is 27.7 Å². The Hall–Kier alpha value is -0.960. The van der Waals surface area contributed by atoms with E-state index in [1.807, 2.05) is 0 Å². The molecule has 0 aromatic heterocycles. The molecule has 0 radical (unpaired) electrons. The summed E-state index contributed by atoms with van der Waals surface area (Å²) in [4.78, 5) is 0. The highest BCUT2D eigenvalue weighted by Crippen LogP contribution is 2.27. The molecule has 1 heterocycles. The van der Waals surface area contributed by atoms with Crippen molar-refractivity contribution in [1.29, 1.82) is 0 Å². The second-order valence-corrected chi connectivity index (χ2v) is 4.17. The molecule has 0 saturated carbocycles. The third-order valence-electron chi connectivity index (χ3n) is 2.20. The van der Waals surface area contributed by atoms with Gasteiger partial charge in [-0.2, -0.15) is 0 Å². The number of hydrazine groups is 1. The normalized spacial score (nSPS) is 14.4. The van der Waals surface area contributed by atoms with E-state index < -0.39 is 0 Å². The second kappa shape index (κ2) is 4.05. The van der Waals surface area contributed by atoms with Crippen molar-refractivity contribution in [3.05, 3.63) is 34.4 Å². The quantitative estimate of drug-likeness (QED) is 0.814. The van der Waals surface area contributed by atoms with Crippen LogP contribution >= 0.6 is 15.9 Å². The first-order chi connectivity index (χ1) is 6.81. The van der Waals surface area contributed by atoms with Gasteiger partial charge in [0.1, 0.15) is 0 Å². The Morgan fingerprint density at radius 2 is 2.14 bits per heavy atom. The van der Waals surface area contributed by atoms with Gasteiger partial charge in [-0.25, -0.2) is 0 Å². The topological polar surface area (TPSA) is 15.3 Å². The van der Waals surface area contributed by atoms with Gasteiger partial charge in [-0.1, -0.05) is 25.1 Å². The molecule has 1 N–H and O–H groups in total. The van der Waals surface area contributed by atoms with E-state index in [0.29, 0.717) is 0 Å². The summed E-state index contributed by atoms with van der Waals surface area (Å²) in [7, 11) is 0. The Labute approximate surface area is 92.7 Å². The molecule has 0 aliphatic carbocycles. The highest BCUT2D eigenvalue weighted by molar-refractivity contribution is 9.11. The van der Waals surface area contributed by atoms with Crippen molar-refractivity contribution < 1.29 is 0 Å². The molecule has 0 amide bonds. The third kappa shape index (κ3) is 1.77. The number of nitrogens with zero attached hydrogens (tertiary/aromatic N) is 1. The summed E-state index contributed by atoms with van der Waals surface area (Å²) in [6.45, 7) is 3.19. The maximum atomic E-state index is 3.48. The van der Waals surface area contributed by atoms with Crippen LogP contribution in [0.4, 0.5) is 5.69 Å². The number of para-hydroxylation sites is 1. The van der Waals surface area contributed by atoms with Crippen LogP contribution in [-0.2, 0) is 0 Å². The molecule has 0 spiro atoms. The Kier molecular flexibility index (Phi) is 2.77. The Morgan fingerprint density at radius 3 is 2.93 bits per heavy atom. The number of nitrogens with one attached hydrogen (secondary N) is 1. The standard InChI is InChI=1S/C11H13BrN2/c1-2-7-14-10-6-4-3-5-9(10)8-11(12)13-14/h3-6,8,13H,2,7H2,1H3. The van der Waals surface area contributed by atoms with E-state index in [-0.39, 0.29) is 0 Å². The molecular weight excluding hydrogens is 240 g/mol. The van der Waals surface area contributed by atoms with E-state index in [9.17, 15) is 0 Å². The van der Waals surface area contributed by atoms with Gasteiger partial charge in [0, 0.05) is 12.1 Å². The molecule has 0 unspecified atom stereocenters. The maximum absolute atomic E-state index is 3.48. The van der Waals surface area contributed by atoms with E-state index in [0.717, 1.165) is 17.6 Å². The summed E-state index contributed by atoms with van der Waals surface area (Å²) in [6.07, 6.45) is 3.23. The van der Waals surface area contributed by atoms with Crippen LogP contribution in [0.15, 0.2) is 28.9 Å². The van der Waals surface area contributed by atoms with Crippen LogP contribution in [-0.4, -0.2) is 6.54 Å². The van der Waals surface area contributed by atoms with Gasteiger partial charge in [-0.05, 0) is 34.5 Å². The zero-order valence-corrected chi connectivity index (χ0v) is 9.71. The minimum Gasteiger partial charge on any atom is -0.291 e. The van der Waals surface area contributed by atoms with Crippen molar-refractivity contribution in [1.82, 2.24) is 5.43 Å². The molecule has 3 heteroatoms. The monoisotopic (exact) mass is 252 g/mol. The lowest BCUT2D eigenvalue weighted by atomic mass is 10.1. The number of hydrogen-bond acceptors (Lipinski definition) is 2. The molecule has 74 valence electrons. The number of rotatable bonds is 2. The van der Waals surface area contributed by atoms with Crippen molar-refractivity contribution in [3.63, 3.8) is 0 Å². The lowest BCUT2D eigenvalue weighted by Crippen LogP contribution is -2.39. The van der Waals surface area contributed by atoms with E-state index in [4.69, 9.17) is 0 Å². The first-order valence-electron chi connectivity index (χ1n) is 4.81. The molecule has 1 aromatic carbocycles. The van der Waals surface area contributed by atoms with Gasteiger partial charge in [-0.15, -0.1) is 0 Å². The van der Waals surface area contributed by atoms with Gasteiger partial charge in [-0.3, -0.25) is 10.4 Å². The number of fused-ring (bicyclic) bond motifs is 1. The minimum atomic E-state index is 1.01. The molecule has 1 aliphatic heterocycles. The summed E-state index contributed by atoms with van der Waals surface area (Å²) in [6, 6.07) is 8.38. The maximum Gasteiger partial charge on any atom is 0.0975 e. The summed E-state index contributed by atoms with van der Waals surface area (Å²) >= 11 is 3.48. The van der Waals surface area contributed by atoms with Gasteiger partial charge in [0.25, 0.3) is 0 Å². The zero-order valence-electron chi connectivity index (χ0n) is 8.13. The van der Waals surface area contributed by atoms with Crippen molar-refractivity contribution in [2.24, 2.45) is 0 Å². The van der Waals surface area contributed by atoms with Gasteiger partial charge >= 0.3 is 0 Å². The van der Waals surface area contributed by atoms with Crippen LogP contribution in [0.25, 0.3) is 6.08 Å². The number of benzene rings is 1. The summed E-state index contributed by atoms with van der Waals surface area (Å²) in [5, 5.41) is 2.17. The first kappa shape index (κ1) is 9.59. The first-order valence-corrected chi connectivity index (χ1v) is 5.61. The fraction of sp³-hybridized carbons (Fsp3) is 0.273. The molecule has 2 nitrogen and oxygen atoms in total. The number of halogens is 1. The number of anilines is 1. The van der Waals surface area contributed by atoms with E-state index in [1.165, 1.54) is 11.3 Å². The van der Waals surface area contributed by atoms with E-state index in [1.54, 1.807) is 0 Å². The van der Waals surface area contributed by atoms with Crippen molar-refractivity contribution in [2.75, 3.05) is 11.6 Å². The SMILES string of the molecule is CCCN1NC(Br)=Cc2ccccc21. The van der Waals surface area contributed by atoms with Gasteiger partial charge < -0.3 is 0 Å². The molecule has 1 aromatic rings. The predicted octanol–water partition coefficient (Wildman–Crippen LogP) is 3.11. The average molecular weight is 253 g/mol. The molecule has 0 saturated heterocycles. The number of hydrogen-bond donors (Lipinski definition) is 1. The molecule has 1 aliphatic rings. The fourth-order valence-corrected chi connectivity index (χ4v) is 2.07. The highest BCUT2D eigenvalue weighted by Gasteiger charge is 2.13. The van der Waals surface area contributed by atoms with Crippen LogP contribution in [0.2, 0.25) is 0 Å². The molecular formula is C11H13BrN2. The van der Waals surface area contributed by atoms with Gasteiger partial charge in [0.05, 0.1) is 10.3 Å². The Bertz CT molecular complexity index is 360. The van der Waals surface area contributed by atoms with Crippen LogP contribution in [0.1, 0.15) is 18.9 Å². The molecule has 14 heavy (non-hydrogen) atoms. The molecule has 0 fully saturated rings. The average Bonchev–Trinajstić information content (AvgIpc) is 2.18. The van der Waals surface area contributed by atoms with Crippen LogP contribution in [0, 0.1) is 0 Å². The van der Waals surface area contributed by atoms with Crippen LogP contribution < -0.4 is 10.4 Å². The zero-order chi connectivity index (χ0) is 9.97. The molecule has 0 bridgehead atoms. The van der Waals surface area contributed by atoms with Crippen LogP contribution in [0.3, 0.4) is 0 Å². The van der Waals surface area contributed by atoms with Crippen molar-refractivity contribution in [2.45, 2.75) is 13.3 Å². The third-order valence-corrected chi connectivity index (χ3v) is 2.60. The summed E-state index contributed by atoms with van der Waals surface area (Å²) < 4.78 is 1.02. The molecule has 2 rings (SSSR count). The molecule has 0 atom stereocenters. The largest absolute Gasteiger partial charge is 0.291 e. The predicted molar refractivity (Wildman–Crippen MR) is 64.1 cm³/mol. The Morgan fingerprint density at radius 1 is 1.36 bits per heavy atom. The lowest BCUT2D eigenvalue weighted by Gasteiger charge is -2.30. The van der Waals surface area contributed by atoms with E-state index in [2.05, 4.69) is 63.6 Å². The Balaban J connectivity index is 2.37. The second-order valence-electron chi connectivity index (χ2n) is 3.31. The van der Waals surface area contributed by atoms with Gasteiger partial charge in [0.2, 0.25) is 0 Å².